The van der Waals surface area contributed by atoms with Crippen LogP contribution in [0.5, 0.6) is 0 Å². The summed E-state index contributed by atoms with van der Waals surface area (Å²) >= 11 is 0. The third-order valence-corrected chi connectivity index (χ3v) is 0.966. The van der Waals surface area contributed by atoms with Crippen molar-refractivity contribution in [2.75, 3.05) is 21.1 Å². The first-order chi connectivity index (χ1) is 4.57. The van der Waals surface area contributed by atoms with Crippen LogP contribution >= 0.6 is 0 Å². The van der Waals surface area contributed by atoms with Crippen LogP contribution in [-0.2, 0) is 0 Å². The molecule has 0 aromatic carbocycles. The van der Waals surface area contributed by atoms with Crippen molar-refractivity contribution < 1.29 is 4.92 Å². The molecule has 0 rings (SSSR count). The summed E-state index contributed by atoms with van der Waals surface area (Å²) in [4.78, 5) is 11.1. The SMILES string of the molecule is CN/C(=C\[N+](=O)[O-])N(C)C. The minimum Gasteiger partial charge on any atom is -0.370 e. The molecule has 0 amide bonds. The van der Waals surface area contributed by atoms with Gasteiger partial charge in [0.15, 0.2) is 5.82 Å². The Labute approximate surface area is 59.5 Å². The average molecular weight is 145 g/mol. The molecule has 0 aliphatic carbocycles. The van der Waals surface area contributed by atoms with E-state index in [9.17, 15) is 10.1 Å². The first-order valence-electron chi connectivity index (χ1n) is 2.78. The summed E-state index contributed by atoms with van der Waals surface area (Å²) in [5.74, 6) is 0.477. The van der Waals surface area contributed by atoms with Gasteiger partial charge >= 0.3 is 0 Å². The second kappa shape index (κ2) is 3.71. The number of hydrogen-bond acceptors (Lipinski definition) is 4. The summed E-state index contributed by atoms with van der Waals surface area (Å²) in [7, 11) is 5.09. The molecule has 10 heavy (non-hydrogen) atoms. The molecule has 1 N–H and O–H groups in total. The van der Waals surface area contributed by atoms with E-state index >= 15 is 0 Å². The summed E-state index contributed by atoms with van der Waals surface area (Å²) in [6.07, 6.45) is 0.917. The van der Waals surface area contributed by atoms with Crippen molar-refractivity contribution in [2.45, 2.75) is 0 Å². The molecule has 0 aliphatic heterocycles. The van der Waals surface area contributed by atoms with E-state index in [1.807, 2.05) is 0 Å². The maximum atomic E-state index is 9.94. The van der Waals surface area contributed by atoms with Crippen molar-refractivity contribution in [1.29, 1.82) is 0 Å². The molecule has 0 aromatic heterocycles. The molecule has 5 heteroatoms. The van der Waals surface area contributed by atoms with Crippen LogP contribution in [0, 0.1) is 10.1 Å². The molecular formula is C5H11N3O2. The van der Waals surface area contributed by atoms with Crippen LogP contribution in [0.25, 0.3) is 0 Å². The normalized spacial score (nSPS) is 10.9. The Morgan fingerprint density at radius 3 is 2.30 bits per heavy atom. The fraction of sp³-hybridized carbons (Fsp3) is 0.600. The first-order valence-corrected chi connectivity index (χ1v) is 2.78. The van der Waals surface area contributed by atoms with E-state index in [1.54, 1.807) is 26.0 Å². The summed E-state index contributed by atoms with van der Waals surface area (Å²) in [6.45, 7) is 0. The molecule has 58 valence electrons. The van der Waals surface area contributed by atoms with Gasteiger partial charge in [0, 0.05) is 21.1 Å². The Balaban J connectivity index is 4.18. The molecule has 0 heterocycles. The zero-order valence-electron chi connectivity index (χ0n) is 6.29. The molecule has 5 nitrogen and oxygen atoms in total. The third kappa shape index (κ3) is 2.91. The van der Waals surface area contributed by atoms with E-state index in [0.717, 1.165) is 6.20 Å². The van der Waals surface area contributed by atoms with Gasteiger partial charge in [0.2, 0.25) is 0 Å². The maximum absolute atomic E-state index is 9.94. The number of nitrogens with one attached hydrogen (secondary N) is 1. The zero-order valence-corrected chi connectivity index (χ0v) is 6.29. The highest BCUT2D eigenvalue weighted by Crippen LogP contribution is 1.90. The Hall–Kier alpha value is -1.26. The summed E-state index contributed by atoms with van der Waals surface area (Å²) < 4.78 is 0. The lowest BCUT2D eigenvalue weighted by Gasteiger charge is -2.12. The Morgan fingerprint density at radius 1 is 1.70 bits per heavy atom. The molecule has 0 aliphatic rings. The van der Waals surface area contributed by atoms with Gasteiger partial charge in [-0.1, -0.05) is 0 Å². The standard InChI is InChI=1S/C5H11N3O2/c1-6-5(7(2)3)4-8(9)10/h4,6H,1-3H3/b5-4+. The average Bonchev–Trinajstić information content (AvgIpc) is 1.81. The topological polar surface area (TPSA) is 58.4 Å². The fourth-order valence-corrected chi connectivity index (χ4v) is 0.503. The second-order valence-corrected chi connectivity index (χ2v) is 1.94. The number of hydrogen-bond donors (Lipinski definition) is 1. The first kappa shape index (κ1) is 8.74. The summed E-state index contributed by atoms with van der Waals surface area (Å²) in [6, 6.07) is 0. The van der Waals surface area contributed by atoms with Crippen LogP contribution in [0.1, 0.15) is 0 Å². The lowest BCUT2D eigenvalue weighted by molar-refractivity contribution is -0.404. The van der Waals surface area contributed by atoms with E-state index in [2.05, 4.69) is 5.32 Å². The Bertz CT molecular complexity index is 153. The lowest BCUT2D eigenvalue weighted by atomic mass is 10.6. The van der Waals surface area contributed by atoms with Crippen LogP contribution in [-0.4, -0.2) is 31.0 Å². The predicted octanol–water partition coefficient (Wildman–Crippen LogP) is -0.157. The van der Waals surface area contributed by atoms with Gasteiger partial charge in [0.05, 0.1) is 4.92 Å². The van der Waals surface area contributed by atoms with E-state index in [4.69, 9.17) is 0 Å². The van der Waals surface area contributed by atoms with Crippen LogP contribution in [0.4, 0.5) is 0 Å². The van der Waals surface area contributed by atoms with Crippen LogP contribution in [0.15, 0.2) is 12.0 Å². The Morgan fingerprint density at radius 2 is 2.20 bits per heavy atom. The second-order valence-electron chi connectivity index (χ2n) is 1.94. The molecule has 0 aromatic rings. The van der Waals surface area contributed by atoms with Crippen molar-refractivity contribution in [3.63, 3.8) is 0 Å². The van der Waals surface area contributed by atoms with Gasteiger partial charge < -0.3 is 10.2 Å². The van der Waals surface area contributed by atoms with Gasteiger partial charge in [0.1, 0.15) is 0 Å². The highest BCUT2D eigenvalue weighted by molar-refractivity contribution is 4.89. The molecule has 0 fully saturated rings. The summed E-state index contributed by atoms with van der Waals surface area (Å²) in [5, 5.41) is 12.6. The van der Waals surface area contributed by atoms with E-state index < -0.39 is 4.92 Å². The van der Waals surface area contributed by atoms with E-state index in [-0.39, 0.29) is 0 Å². The minimum atomic E-state index is -0.494. The molecular weight excluding hydrogens is 134 g/mol. The number of rotatable bonds is 3. The fourth-order valence-electron chi connectivity index (χ4n) is 0.503. The van der Waals surface area contributed by atoms with Crippen molar-refractivity contribution >= 4 is 0 Å². The molecule has 0 unspecified atom stereocenters. The molecule has 0 atom stereocenters. The van der Waals surface area contributed by atoms with Gasteiger partial charge in [0.25, 0.3) is 6.20 Å². The Kier molecular flexibility index (Phi) is 3.24. The highest BCUT2D eigenvalue weighted by Gasteiger charge is 2.00. The number of nitrogens with zero attached hydrogens (tertiary/aromatic N) is 2. The van der Waals surface area contributed by atoms with Crippen molar-refractivity contribution in [3.05, 3.63) is 22.1 Å². The van der Waals surface area contributed by atoms with Crippen molar-refractivity contribution in [3.8, 4) is 0 Å². The minimum absolute atomic E-state index is 0.477. The van der Waals surface area contributed by atoms with E-state index in [1.165, 1.54) is 0 Å². The summed E-state index contributed by atoms with van der Waals surface area (Å²) in [5.41, 5.74) is 0. The molecule has 0 spiro atoms. The number of nitro groups is 1. The van der Waals surface area contributed by atoms with Gasteiger partial charge in [-0.05, 0) is 0 Å². The van der Waals surface area contributed by atoms with Gasteiger partial charge in [-0.2, -0.15) is 0 Å². The molecule has 0 bridgehead atoms. The molecule has 0 radical (unpaired) electrons. The highest BCUT2D eigenvalue weighted by atomic mass is 16.6. The van der Waals surface area contributed by atoms with Crippen LogP contribution in [0.2, 0.25) is 0 Å². The largest absolute Gasteiger partial charge is 0.370 e. The molecule has 0 saturated carbocycles. The van der Waals surface area contributed by atoms with Crippen molar-refractivity contribution in [1.82, 2.24) is 10.2 Å². The van der Waals surface area contributed by atoms with Gasteiger partial charge in [-0.25, -0.2) is 0 Å². The van der Waals surface area contributed by atoms with Gasteiger partial charge in [-0.15, -0.1) is 0 Å². The zero-order chi connectivity index (χ0) is 8.15. The van der Waals surface area contributed by atoms with Crippen LogP contribution in [0.3, 0.4) is 0 Å². The third-order valence-electron chi connectivity index (χ3n) is 0.966. The van der Waals surface area contributed by atoms with Crippen LogP contribution < -0.4 is 5.32 Å². The van der Waals surface area contributed by atoms with Crippen molar-refractivity contribution in [2.24, 2.45) is 0 Å². The molecule has 0 saturated heterocycles. The maximum Gasteiger partial charge on any atom is 0.274 e. The quantitative estimate of drug-likeness (QED) is 0.443. The van der Waals surface area contributed by atoms with Gasteiger partial charge in [-0.3, -0.25) is 10.1 Å². The predicted molar refractivity (Wildman–Crippen MR) is 37.8 cm³/mol. The monoisotopic (exact) mass is 145 g/mol. The van der Waals surface area contributed by atoms with E-state index in [0.29, 0.717) is 5.82 Å². The lowest BCUT2D eigenvalue weighted by Crippen LogP contribution is -2.23. The smallest absolute Gasteiger partial charge is 0.274 e.